The van der Waals surface area contributed by atoms with Gasteiger partial charge in [-0.15, -0.1) is 0 Å². The van der Waals surface area contributed by atoms with E-state index < -0.39 is 6.04 Å². The molecule has 2 atom stereocenters. The monoisotopic (exact) mass is 273 g/mol. The van der Waals surface area contributed by atoms with Gasteiger partial charge >= 0.3 is 0 Å². The molecule has 0 fully saturated rings. The van der Waals surface area contributed by atoms with Crippen LogP contribution in [0.15, 0.2) is 0 Å². The summed E-state index contributed by atoms with van der Waals surface area (Å²) >= 11 is 0. The van der Waals surface area contributed by atoms with Crippen LogP contribution >= 0.6 is 0 Å². The molecule has 1 amide bonds. The lowest BCUT2D eigenvalue weighted by atomic mass is 9.99. The summed E-state index contributed by atoms with van der Waals surface area (Å²) in [6.07, 6.45) is 1.87. The minimum Gasteiger partial charge on any atom is -0.383 e. The largest absolute Gasteiger partial charge is 0.383 e. The summed E-state index contributed by atoms with van der Waals surface area (Å²) in [5.41, 5.74) is 6.03. The predicted octanol–water partition coefficient (Wildman–Crippen LogP) is 0.787. The molecule has 0 aromatic carbocycles. The fraction of sp³-hybridized carbons (Fsp3) is 0.929. The number of nitrogens with zero attached hydrogens (tertiary/aromatic N) is 2. The zero-order chi connectivity index (χ0) is 14.8. The third-order valence-corrected chi connectivity index (χ3v) is 3.45. The third kappa shape index (κ3) is 7.50. The van der Waals surface area contributed by atoms with Crippen molar-refractivity contribution in [3.8, 4) is 0 Å². The minimum absolute atomic E-state index is 0.0464. The maximum atomic E-state index is 12.4. The molecule has 0 aliphatic carbocycles. The standard InChI is InChI=1S/C14H31N3O2/c1-6-12(2)13(15)14(18)17(10-11-19-5)9-7-8-16(3)4/h12-13H,6-11,15H2,1-5H3/t12?,13-/m0/s1. The topological polar surface area (TPSA) is 58.8 Å². The van der Waals surface area contributed by atoms with Crippen molar-refractivity contribution in [3.05, 3.63) is 0 Å². The van der Waals surface area contributed by atoms with Gasteiger partial charge < -0.3 is 20.3 Å². The van der Waals surface area contributed by atoms with Crippen LogP contribution in [0.3, 0.4) is 0 Å². The number of rotatable bonds is 10. The van der Waals surface area contributed by atoms with Gasteiger partial charge in [0.1, 0.15) is 0 Å². The Balaban J connectivity index is 4.41. The number of ether oxygens (including phenoxy) is 1. The molecule has 0 saturated carbocycles. The van der Waals surface area contributed by atoms with E-state index in [0.717, 1.165) is 25.9 Å². The molecule has 0 aliphatic rings. The normalized spacial score (nSPS) is 14.5. The Hall–Kier alpha value is -0.650. The second-order valence-corrected chi connectivity index (χ2v) is 5.39. The Morgan fingerprint density at radius 3 is 2.37 bits per heavy atom. The Kier molecular flexibility index (Phi) is 9.83. The maximum Gasteiger partial charge on any atom is 0.239 e. The van der Waals surface area contributed by atoms with Gasteiger partial charge in [-0.05, 0) is 33.0 Å². The molecule has 0 aliphatic heterocycles. The Labute approximate surface area is 118 Å². The molecule has 0 bridgehead atoms. The number of hydrogen-bond acceptors (Lipinski definition) is 4. The van der Waals surface area contributed by atoms with E-state index in [1.807, 2.05) is 25.9 Å². The first kappa shape index (κ1) is 18.4. The molecule has 0 radical (unpaired) electrons. The van der Waals surface area contributed by atoms with Gasteiger partial charge in [0.15, 0.2) is 0 Å². The minimum atomic E-state index is -0.402. The first-order valence-corrected chi connectivity index (χ1v) is 7.12. The highest BCUT2D eigenvalue weighted by atomic mass is 16.5. The quantitative estimate of drug-likeness (QED) is 0.639. The number of carbonyl (C=O) groups excluding carboxylic acids is 1. The van der Waals surface area contributed by atoms with E-state index in [0.29, 0.717) is 13.2 Å². The lowest BCUT2D eigenvalue weighted by Crippen LogP contribution is -2.48. The van der Waals surface area contributed by atoms with Crippen molar-refractivity contribution < 1.29 is 9.53 Å². The Morgan fingerprint density at radius 2 is 1.89 bits per heavy atom. The van der Waals surface area contributed by atoms with Crippen molar-refractivity contribution in [1.29, 1.82) is 0 Å². The highest BCUT2D eigenvalue weighted by molar-refractivity contribution is 5.81. The molecule has 0 spiro atoms. The van der Waals surface area contributed by atoms with Crippen molar-refractivity contribution in [2.24, 2.45) is 11.7 Å². The molecular weight excluding hydrogens is 242 g/mol. The van der Waals surface area contributed by atoms with E-state index >= 15 is 0 Å². The second kappa shape index (κ2) is 10.2. The van der Waals surface area contributed by atoms with Crippen molar-refractivity contribution in [1.82, 2.24) is 9.80 Å². The predicted molar refractivity (Wildman–Crippen MR) is 79.1 cm³/mol. The van der Waals surface area contributed by atoms with Crippen molar-refractivity contribution in [3.63, 3.8) is 0 Å². The summed E-state index contributed by atoms with van der Waals surface area (Å²) < 4.78 is 5.07. The molecule has 0 saturated heterocycles. The van der Waals surface area contributed by atoms with Gasteiger partial charge in [0.25, 0.3) is 0 Å². The van der Waals surface area contributed by atoms with Gasteiger partial charge in [-0.25, -0.2) is 0 Å². The van der Waals surface area contributed by atoms with Crippen LogP contribution in [0.1, 0.15) is 26.7 Å². The van der Waals surface area contributed by atoms with Crippen LogP contribution < -0.4 is 5.73 Å². The summed E-state index contributed by atoms with van der Waals surface area (Å²) in [6.45, 7) is 6.97. The van der Waals surface area contributed by atoms with E-state index in [1.165, 1.54) is 0 Å². The lowest BCUT2D eigenvalue weighted by molar-refractivity contribution is -0.134. The zero-order valence-electron chi connectivity index (χ0n) is 13.2. The van der Waals surface area contributed by atoms with Crippen LogP contribution in [-0.4, -0.2) is 69.2 Å². The first-order valence-electron chi connectivity index (χ1n) is 7.12. The second-order valence-electron chi connectivity index (χ2n) is 5.39. The van der Waals surface area contributed by atoms with Crippen LogP contribution in [0.5, 0.6) is 0 Å². The molecule has 19 heavy (non-hydrogen) atoms. The fourth-order valence-electron chi connectivity index (χ4n) is 1.82. The van der Waals surface area contributed by atoms with Gasteiger partial charge in [0, 0.05) is 20.2 Å². The van der Waals surface area contributed by atoms with Crippen LogP contribution in [-0.2, 0) is 9.53 Å². The van der Waals surface area contributed by atoms with Gasteiger partial charge in [-0.3, -0.25) is 4.79 Å². The average molecular weight is 273 g/mol. The van der Waals surface area contributed by atoms with Gasteiger partial charge in [-0.1, -0.05) is 20.3 Å². The molecule has 5 heteroatoms. The average Bonchev–Trinajstić information content (AvgIpc) is 2.39. The maximum absolute atomic E-state index is 12.4. The van der Waals surface area contributed by atoms with Crippen molar-refractivity contribution in [2.45, 2.75) is 32.7 Å². The number of hydrogen-bond donors (Lipinski definition) is 1. The molecule has 0 aromatic heterocycles. The van der Waals surface area contributed by atoms with E-state index in [9.17, 15) is 4.79 Å². The molecule has 1 unspecified atom stereocenters. The van der Waals surface area contributed by atoms with E-state index in [1.54, 1.807) is 7.11 Å². The lowest BCUT2D eigenvalue weighted by Gasteiger charge is -2.28. The molecule has 0 aromatic rings. The summed E-state index contributed by atoms with van der Waals surface area (Å²) in [4.78, 5) is 16.3. The smallest absolute Gasteiger partial charge is 0.239 e. The van der Waals surface area contributed by atoms with Crippen LogP contribution in [0, 0.1) is 5.92 Å². The number of methoxy groups -OCH3 is 1. The molecule has 0 rings (SSSR count). The summed E-state index contributed by atoms with van der Waals surface area (Å²) in [7, 11) is 5.72. The van der Waals surface area contributed by atoms with E-state index in [4.69, 9.17) is 10.5 Å². The van der Waals surface area contributed by atoms with Gasteiger partial charge in [-0.2, -0.15) is 0 Å². The molecule has 2 N–H and O–H groups in total. The highest BCUT2D eigenvalue weighted by Gasteiger charge is 2.24. The summed E-state index contributed by atoms with van der Waals surface area (Å²) in [5.74, 6) is 0.261. The molecule has 114 valence electrons. The van der Waals surface area contributed by atoms with Gasteiger partial charge in [0.2, 0.25) is 5.91 Å². The molecular formula is C14H31N3O2. The SMILES string of the molecule is CCC(C)[C@H](N)C(=O)N(CCCN(C)C)CCOC. The Bertz CT molecular complexity index is 247. The highest BCUT2D eigenvalue weighted by Crippen LogP contribution is 2.09. The number of nitrogens with two attached hydrogens (primary N) is 1. The number of carbonyl (C=O) groups is 1. The fourth-order valence-corrected chi connectivity index (χ4v) is 1.82. The zero-order valence-corrected chi connectivity index (χ0v) is 13.2. The summed E-state index contributed by atoms with van der Waals surface area (Å²) in [5, 5.41) is 0. The Morgan fingerprint density at radius 1 is 1.26 bits per heavy atom. The first-order chi connectivity index (χ1) is 8.93. The van der Waals surface area contributed by atoms with Crippen LogP contribution in [0.2, 0.25) is 0 Å². The van der Waals surface area contributed by atoms with Crippen molar-refractivity contribution in [2.75, 3.05) is 47.4 Å². The van der Waals surface area contributed by atoms with Gasteiger partial charge in [0.05, 0.1) is 12.6 Å². The number of amides is 1. The van der Waals surface area contributed by atoms with Crippen molar-refractivity contribution >= 4 is 5.91 Å². The molecule has 0 heterocycles. The van der Waals surface area contributed by atoms with E-state index in [-0.39, 0.29) is 11.8 Å². The van der Waals surface area contributed by atoms with Crippen LogP contribution in [0.4, 0.5) is 0 Å². The third-order valence-electron chi connectivity index (χ3n) is 3.45. The van der Waals surface area contributed by atoms with Crippen LogP contribution in [0.25, 0.3) is 0 Å². The molecule has 5 nitrogen and oxygen atoms in total. The summed E-state index contributed by atoms with van der Waals surface area (Å²) in [6, 6.07) is -0.402. The van der Waals surface area contributed by atoms with E-state index in [2.05, 4.69) is 11.8 Å².